The number of carbonyl (C=O) groups excluding carboxylic acids is 1. The summed E-state index contributed by atoms with van der Waals surface area (Å²) < 4.78 is 10.7. The first-order valence-corrected chi connectivity index (χ1v) is 6.64. The molecule has 0 aliphatic carbocycles. The molecule has 0 unspecified atom stereocenters. The van der Waals surface area contributed by atoms with Crippen molar-refractivity contribution in [3.8, 4) is 0 Å². The molecule has 0 saturated carbocycles. The predicted octanol–water partition coefficient (Wildman–Crippen LogP) is 2.64. The van der Waals surface area contributed by atoms with Crippen LogP contribution >= 0.6 is 31.9 Å². The van der Waals surface area contributed by atoms with Gasteiger partial charge in [0.05, 0.1) is 17.5 Å². The fraction of sp³-hybridized carbons (Fsp3) is 0.900. The maximum atomic E-state index is 11.7. The Morgan fingerprint density at radius 3 is 2.33 bits per heavy atom. The quantitative estimate of drug-likeness (QED) is 0.542. The van der Waals surface area contributed by atoms with Gasteiger partial charge < -0.3 is 9.47 Å². The minimum Gasteiger partial charge on any atom is -0.467 e. The van der Waals surface area contributed by atoms with Crippen LogP contribution in [0, 0.1) is 0 Å². The maximum absolute atomic E-state index is 11.7. The van der Waals surface area contributed by atoms with Gasteiger partial charge in [-0.1, -0.05) is 31.9 Å². The number of halogens is 2. The van der Waals surface area contributed by atoms with Crippen LogP contribution in [-0.4, -0.2) is 33.9 Å². The number of rotatable bonds is 1. The zero-order chi connectivity index (χ0) is 11.9. The van der Waals surface area contributed by atoms with Crippen LogP contribution in [0.4, 0.5) is 0 Å². The molecule has 0 spiro atoms. The van der Waals surface area contributed by atoms with Gasteiger partial charge in [0.25, 0.3) is 0 Å². The van der Waals surface area contributed by atoms with E-state index in [9.17, 15) is 4.79 Å². The number of carbonyl (C=O) groups is 1. The van der Waals surface area contributed by atoms with Gasteiger partial charge in [0.15, 0.2) is 5.60 Å². The third-order valence-electron chi connectivity index (χ3n) is 2.83. The van der Waals surface area contributed by atoms with Crippen molar-refractivity contribution in [2.24, 2.45) is 0 Å². The van der Waals surface area contributed by atoms with E-state index in [1.54, 1.807) is 6.92 Å². The van der Waals surface area contributed by atoms with Gasteiger partial charge in [-0.2, -0.15) is 0 Å². The number of hydrogen-bond donors (Lipinski definition) is 0. The Morgan fingerprint density at radius 1 is 1.33 bits per heavy atom. The summed E-state index contributed by atoms with van der Waals surface area (Å²) >= 11 is 7.05. The number of hydrogen-bond acceptors (Lipinski definition) is 3. The lowest BCUT2D eigenvalue weighted by Gasteiger charge is -2.47. The first kappa shape index (κ1) is 13.5. The second-order valence-corrected chi connectivity index (χ2v) is 6.69. The van der Waals surface area contributed by atoms with Gasteiger partial charge in [0, 0.05) is 4.83 Å². The Kier molecular flexibility index (Phi) is 3.89. The third-order valence-corrected chi connectivity index (χ3v) is 5.56. The van der Waals surface area contributed by atoms with Crippen molar-refractivity contribution in [3.63, 3.8) is 0 Å². The minimum atomic E-state index is -0.914. The van der Waals surface area contributed by atoms with Crippen LogP contribution < -0.4 is 0 Å². The molecule has 0 N–H and O–H groups in total. The molecule has 1 rings (SSSR count). The first-order chi connectivity index (χ1) is 6.74. The molecule has 1 fully saturated rings. The molecule has 3 nitrogen and oxygen atoms in total. The molecule has 0 aromatic carbocycles. The standard InChI is InChI=1S/C10H16Br2O3/c1-9(2)6(11)5-7(12)10(3,15-9)8(13)14-4/h6-7H,5H2,1-4H3/t6-,7-,10-/m0/s1. The molecule has 88 valence electrons. The first-order valence-electron chi connectivity index (χ1n) is 4.81. The lowest BCUT2D eigenvalue weighted by atomic mass is 9.87. The summed E-state index contributed by atoms with van der Waals surface area (Å²) in [6.45, 7) is 5.69. The van der Waals surface area contributed by atoms with Gasteiger partial charge in [-0.05, 0) is 27.2 Å². The highest BCUT2D eigenvalue weighted by atomic mass is 79.9. The molecule has 1 aliphatic heterocycles. The lowest BCUT2D eigenvalue weighted by Crippen LogP contribution is -2.59. The van der Waals surface area contributed by atoms with Crippen LogP contribution in [0.25, 0.3) is 0 Å². The minimum absolute atomic E-state index is 0.0464. The maximum Gasteiger partial charge on any atom is 0.339 e. The number of methoxy groups -OCH3 is 1. The van der Waals surface area contributed by atoms with Gasteiger partial charge >= 0.3 is 5.97 Å². The van der Waals surface area contributed by atoms with E-state index >= 15 is 0 Å². The Bertz CT molecular complexity index is 267. The largest absolute Gasteiger partial charge is 0.467 e. The van der Waals surface area contributed by atoms with Crippen molar-refractivity contribution in [3.05, 3.63) is 0 Å². The molecule has 0 aromatic heterocycles. The van der Waals surface area contributed by atoms with E-state index in [1.165, 1.54) is 7.11 Å². The van der Waals surface area contributed by atoms with E-state index in [-0.39, 0.29) is 21.2 Å². The van der Waals surface area contributed by atoms with Crippen molar-refractivity contribution in [2.45, 2.75) is 48.0 Å². The summed E-state index contributed by atoms with van der Waals surface area (Å²) in [5.41, 5.74) is -1.30. The van der Waals surface area contributed by atoms with E-state index in [1.807, 2.05) is 13.8 Å². The van der Waals surface area contributed by atoms with E-state index in [0.717, 1.165) is 6.42 Å². The Hall–Kier alpha value is 0.390. The molecule has 1 aliphatic rings. The second kappa shape index (κ2) is 4.34. The van der Waals surface area contributed by atoms with Gasteiger partial charge in [-0.15, -0.1) is 0 Å². The summed E-state index contributed by atoms with van der Waals surface area (Å²) in [6, 6.07) is 0. The van der Waals surface area contributed by atoms with E-state index in [4.69, 9.17) is 9.47 Å². The molecule has 1 heterocycles. The normalized spacial score (nSPS) is 39.9. The molecule has 5 heteroatoms. The monoisotopic (exact) mass is 342 g/mol. The summed E-state index contributed by atoms with van der Waals surface area (Å²) in [5, 5.41) is 0. The van der Waals surface area contributed by atoms with Crippen molar-refractivity contribution >= 4 is 37.8 Å². The topological polar surface area (TPSA) is 35.5 Å². The lowest BCUT2D eigenvalue weighted by molar-refractivity contribution is -0.195. The molecule has 0 amide bonds. The molecule has 15 heavy (non-hydrogen) atoms. The van der Waals surface area contributed by atoms with Gasteiger partial charge in [0.1, 0.15) is 0 Å². The van der Waals surface area contributed by atoms with Gasteiger partial charge in [-0.3, -0.25) is 0 Å². The highest BCUT2D eigenvalue weighted by Crippen LogP contribution is 2.42. The fourth-order valence-electron chi connectivity index (χ4n) is 1.74. The zero-order valence-corrected chi connectivity index (χ0v) is 12.5. The van der Waals surface area contributed by atoms with Crippen molar-refractivity contribution < 1.29 is 14.3 Å². The van der Waals surface area contributed by atoms with E-state index in [2.05, 4.69) is 31.9 Å². The van der Waals surface area contributed by atoms with Gasteiger partial charge in [-0.25, -0.2) is 4.79 Å². The number of alkyl halides is 2. The highest BCUT2D eigenvalue weighted by molar-refractivity contribution is 9.10. The van der Waals surface area contributed by atoms with Crippen LogP contribution in [0.15, 0.2) is 0 Å². The predicted molar refractivity (Wildman–Crippen MR) is 65.6 cm³/mol. The van der Waals surface area contributed by atoms with Crippen LogP contribution in [0.2, 0.25) is 0 Å². The highest BCUT2D eigenvalue weighted by Gasteiger charge is 2.53. The molecular formula is C10H16Br2O3. The molecular weight excluding hydrogens is 328 g/mol. The zero-order valence-electron chi connectivity index (χ0n) is 9.34. The SMILES string of the molecule is COC(=O)[C@@]1(C)OC(C)(C)[C@@H](Br)C[C@@H]1Br. The van der Waals surface area contributed by atoms with Crippen LogP contribution in [0.1, 0.15) is 27.2 Å². The average Bonchev–Trinajstić information content (AvgIpc) is 2.13. The Balaban J connectivity index is 2.95. The fourth-order valence-corrected chi connectivity index (χ4v) is 3.36. The van der Waals surface area contributed by atoms with E-state index in [0.29, 0.717) is 0 Å². The molecule has 0 bridgehead atoms. The number of esters is 1. The summed E-state index contributed by atoms with van der Waals surface area (Å²) in [7, 11) is 1.38. The molecule has 1 saturated heterocycles. The smallest absolute Gasteiger partial charge is 0.339 e. The molecule has 0 aromatic rings. The van der Waals surface area contributed by atoms with Gasteiger partial charge in [0.2, 0.25) is 0 Å². The van der Waals surface area contributed by atoms with Crippen molar-refractivity contribution in [2.75, 3.05) is 7.11 Å². The summed E-state index contributed by atoms with van der Waals surface area (Å²) in [4.78, 5) is 11.9. The van der Waals surface area contributed by atoms with Crippen molar-refractivity contribution in [1.82, 2.24) is 0 Å². The average molecular weight is 344 g/mol. The second-order valence-electron chi connectivity index (χ2n) is 4.47. The Morgan fingerprint density at radius 2 is 1.87 bits per heavy atom. The van der Waals surface area contributed by atoms with Crippen molar-refractivity contribution in [1.29, 1.82) is 0 Å². The van der Waals surface area contributed by atoms with Crippen LogP contribution in [0.5, 0.6) is 0 Å². The van der Waals surface area contributed by atoms with Crippen LogP contribution in [0.3, 0.4) is 0 Å². The molecule has 0 radical (unpaired) electrons. The Labute approximate surface area is 107 Å². The summed E-state index contributed by atoms with van der Waals surface area (Å²) in [6.07, 6.45) is 0.818. The van der Waals surface area contributed by atoms with Crippen LogP contribution in [-0.2, 0) is 14.3 Å². The third kappa shape index (κ3) is 2.39. The molecule has 3 atom stereocenters. The summed E-state index contributed by atoms with van der Waals surface area (Å²) in [5.74, 6) is -0.336. The number of ether oxygens (including phenoxy) is 2. The van der Waals surface area contributed by atoms with E-state index < -0.39 is 5.60 Å².